The Morgan fingerprint density at radius 3 is 2.00 bits per heavy atom. The van der Waals surface area contributed by atoms with Crippen molar-refractivity contribution >= 4 is 6.03 Å². The lowest BCUT2D eigenvalue weighted by molar-refractivity contribution is 0.234. The van der Waals surface area contributed by atoms with E-state index in [1.807, 2.05) is 0 Å². The van der Waals surface area contributed by atoms with Crippen LogP contribution in [0.5, 0.6) is 0 Å². The summed E-state index contributed by atoms with van der Waals surface area (Å²) in [4.78, 5) is 11.2. The number of hydrogen-bond donors (Lipinski definition) is 3. The van der Waals surface area contributed by atoms with E-state index in [9.17, 15) is 4.79 Å². The minimum atomic E-state index is -0.182. The number of rotatable bonds is 15. The van der Waals surface area contributed by atoms with Gasteiger partial charge in [0, 0.05) is 13.1 Å². The number of aliphatic hydroxyl groups is 1. The molecule has 4 heteroatoms. The molecule has 0 aromatic rings. The van der Waals surface area contributed by atoms with E-state index >= 15 is 0 Å². The van der Waals surface area contributed by atoms with Gasteiger partial charge in [0.1, 0.15) is 0 Å². The van der Waals surface area contributed by atoms with E-state index in [2.05, 4.69) is 29.7 Å². The molecule has 22 heavy (non-hydrogen) atoms. The largest absolute Gasteiger partial charge is 0.395 e. The highest BCUT2D eigenvalue weighted by Gasteiger charge is 1.97. The summed E-state index contributed by atoms with van der Waals surface area (Å²) in [6.45, 7) is 3.27. The third-order valence-corrected chi connectivity index (χ3v) is 3.62. The molecule has 130 valence electrons. The van der Waals surface area contributed by atoms with Gasteiger partial charge in [-0.1, -0.05) is 57.6 Å². The maximum atomic E-state index is 11.2. The Balaban J connectivity index is 3.14. The molecule has 0 fully saturated rings. The molecule has 0 rings (SSSR count). The lowest BCUT2D eigenvalue weighted by Crippen LogP contribution is -2.37. The number of carbonyl (C=O) groups is 1. The van der Waals surface area contributed by atoms with Crippen LogP contribution in [0.4, 0.5) is 4.79 Å². The molecule has 4 nitrogen and oxygen atoms in total. The monoisotopic (exact) mass is 312 g/mol. The number of hydrogen-bond acceptors (Lipinski definition) is 2. The molecule has 3 N–H and O–H groups in total. The molecule has 0 aromatic heterocycles. The molecule has 0 aliphatic carbocycles. The van der Waals surface area contributed by atoms with E-state index in [0.717, 1.165) is 13.0 Å². The van der Waals surface area contributed by atoms with Gasteiger partial charge >= 0.3 is 6.03 Å². The van der Waals surface area contributed by atoms with Crippen LogP contribution in [0, 0.1) is 0 Å². The molecule has 2 amide bonds. The first-order valence-electron chi connectivity index (χ1n) is 9.08. The van der Waals surface area contributed by atoms with Crippen LogP contribution in [0.2, 0.25) is 0 Å². The topological polar surface area (TPSA) is 61.4 Å². The number of aliphatic hydroxyl groups excluding tert-OH is 1. The molecule has 0 atom stereocenters. The minimum absolute atomic E-state index is 0.0133. The van der Waals surface area contributed by atoms with E-state index < -0.39 is 0 Å². The van der Waals surface area contributed by atoms with E-state index in [0.29, 0.717) is 6.54 Å². The Morgan fingerprint density at radius 1 is 0.818 bits per heavy atom. The first kappa shape index (κ1) is 21.0. The van der Waals surface area contributed by atoms with Crippen molar-refractivity contribution in [3.8, 4) is 0 Å². The van der Waals surface area contributed by atoms with E-state index in [-0.39, 0.29) is 12.6 Å². The van der Waals surface area contributed by atoms with Crippen molar-refractivity contribution in [1.82, 2.24) is 10.6 Å². The Bertz CT molecular complexity index is 268. The average Bonchev–Trinajstić information content (AvgIpc) is 2.53. The van der Waals surface area contributed by atoms with Gasteiger partial charge in [0.05, 0.1) is 6.61 Å². The van der Waals surface area contributed by atoms with Gasteiger partial charge in [-0.15, -0.1) is 0 Å². The lowest BCUT2D eigenvalue weighted by atomic mass is 10.1. The van der Waals surface area contributed by atoms with Crippen molar-refractivity contribution in [2.45, 2.75) is 77.6 Å². The summed E-state index contributed by atoms with van der Waals surface area (Å²) in [6, 6.07) is -0.182. The van der Waals surface area contributed by atoms with Crippen LogP contribution in [-0.4, -0.2) is 30.8 Å². The Labute approximate surface area is 136 Å². The van der Waals surface area contributed by atoms with Crippen LogP contribution in [-0.2, 0) is 0 Å². The highest BCUT2D eigenvalue weighted by molar-refractivity contribution is 5.73. The number of amides is 2. The van der Waals surface area contributed by atoms with E-state index in [1.165, 1.54) is 64.2 Å². The zero-order chi connectivity index (χ0) is 16.3. The fourth-order valence-corrected chi connectivity index (χ4v) is 2.28. The fraction of sp³-hybridized carbons (Fsp3) is 0.833. The molecule has 0 saturated heterocycles. The molecular formula is C18H36N2O2. The predicted molar refractivity (Wildman–Crippen MR) is 94.1 cm³/mol. The number of carbonyl (C=O) groups excluding carboxylic acids is 1. The van der Waals surface area contributed by atoms with Gasteiger partial charge in [-0.3, -0.25) is 0 Å². The van der Waals surface area contributed by atoms with Crippen LogP contribution >= 0.6 is 0 Å². The molecular weight excluding hydrogens is 276 g/mol. The van der Waals surface area contributed by atoms with Crippen LogP contribution in [0.15, 0.2) is 12.2 Å². The second kappa shape index (κ2) is 18.0. The molecule has 0 aromatic carbocycles. The summed E-state index contributed by atoms with van der Waals surface area (Å²) >= 11 is 0. The third-order valence-electron chi connectivity index (χ3n) is 3.62. The van der Waals surface area contributed by atoms with Crippen LogP contribution in [0.25, 0.3) is 0 Å². The van der Waals surface area contributed by atoms with Gasteiger partial charge in [-0.25, -0.2) is 4.79 Å². The Morgan fingerprint density at radius 2 is 1.36 bits per heavy atom. The molecule has 0 saturated carbocycles. The van der Waals surface area contributed by atoms with Crippen molar-refractivity contribution in [3.05, 3.63) is 12.2 Å². The molecule has 0 aliphatic rings. The molecule has 0 bridgehead atoms. The Kier molecular flexibility index (Phi) is 17.2. The maximum absolute atomic E-state index is 11.2. The fourth-order valence-electron chi connectivity index (χ4n) is 2.28. The quantitative estimate of drug-likeness (QED) is 0.314. The number of nitrogens with one attached hydrogen (secondary N) is 2. The highest BCUT2D eigenvalue weighted by Crippen LogP contribution is 2.07. The Hall–Kier alpha value is -1.03. The summed E-state index contributed by atoms with van der Waals surface area (Å²) in [7, 11) is 0. The number of allylic oxidation sites excluding steroid dienone is 2. The van der Waals surface area contributed by atoms with Gasteiger partial charge < -0.3 is 15.7 Å². The summed E-state index contributed by atoms with van der Waals surface area (Å²) in [5, 5.41) is 13.9. The zero-order valence-electron chi connectivity index (χ0n) is 14.4. The van der Waals surface area contributed by atoms with Crippen LogP contribution in [0.1, 0.15) is 77.6 Å². The summed E-state index contributed by atoms with van der Waals surface area (Å²) in [6.07, 6.45) is 18.5. The third kappa shape index (κ3) is 17.0. The SMILES string of the molecule is CCCCCC/C=C\CCCCCCCNC(=O)NCCO. The number of unbranched alkanes of at least 4 members (excludes halogenated alkanes) is 9. The van der Waals surface area contributed by atoms with Crippen molar-refractivity contribution in [1.29, 1.82) is 0 Å². The summed E-state index contributed by atoms with van der Waals surface area (Å²) in [5.41, 5.74) is 0. The molecule has 0 heterocycles. The first-order valence-corrected chi connectivity index (χ1v) is 9.08. The van der Waals surface area contributed by atoms with Crippen LogP contribution < -0.4 is 10.6 Å². The molecule has 0 unspecified atom stereocenters. The average molecular weight is 312 g/mol. The van der Waals surface area contributed by atoms with Gasteiger partial charge in [-0.2, -0.15) is 0 Å². The second-order valence-electron chi connectivity index (χ2n) is 5.78. The molecule has 0 radical (unpaired) electrons. The van der Waals surface area contributed by atoms with Crippen molar-refractivity contribution < 1.29 is 9.90 Å². The minimum Gasteiger partial charge on any atom is -0.395 e. The van der Waals surface area contributed by atoms with Gasteiger partial charge in [0.25, 0.3) is 0 Å². The van der Waals surface area contributed by atoms with E-state index in [4.69, 9.17) is 5.11 Å². The zero-order valence-corrected chi connectivity index (χ0v) is 14.4. The lowest BCUT2D eigenvalue weighted by Gasteiger charge is -2.06. The summed E-state index contributed by atoms with van der Waals surface area (Å²) < 4.78 is 0. The first-order chi connectivity index (χ1) is 10.8. The van der Waals surface area contributed by atoms with Gasteiger partial charge in [-0.05, 0) is 32.1 Å². The van der Waals surface area contributed by atoms with Gasteiger partial charge in [0.15, 0.2) is 0 Å². The predicted octanol–water partition coefficient (Wildman–Crippen LogP) is 4.15. The maximum Gasteiger partial charge on any atom is 0.314 e. The number of urea groups is 1. The van der Waals surface area contributed by atoms with Crippen LogP contribution in [0.3, 0.4) is 0 Å². The van der Waals surface area contributed by atoms with Crippen molar-refractivity contribution in [2.24, 2.45) is 0 Å². The highest BCUT2D eigenvalue weighted by atomic mass is 16.3. The normalized spacial score (nSPS) is 11.0. The molecule has 0 aliphatic heterocycles. The van der Waals surface area contributed by atoms with Gasteiger partial charge in [0.2, 0.25) is 0 Å². The molecule has 0 spiro atoms. The smallest absolute Gasteiger partial charge is 0.314 e. The van der Waals surface area contributed by atoms with E-state index in [1.54, 1.807) is 0 Å². The van der Waals surface area contributed by atoms with Crippen molar-refractivity contribution in [3.63, 3.8) is 0 Å². The second-order valence-corrected chi connectivity index (χ2v) is 5.78. The van der Waals surface area contributed by atoms with Crippen molar-refractivity contribution in [2.75, 3.05) is 19.7 Å². The standard InChI is InChI=1S/C18H36N2O2/c1-2-3-4-5-6-7-8-9-10-11-12-13-14-15-19-18(22)20-16-17-21/h7-8,21H,2-6,9-17H2,1H3,(H2,19,20,22)/b8-7-. The summed E-state index contributed by atoms with van der Waals surface area (Å²) in [5.74, 6) is 0.